The first-order chi connectivity index (χ1) is 10.3. The lowest BCUT2D eigenvalue weighted by atomic mass is 10.2. The van der Waals surface area contributed by atoms with Crippen LogP contribution in [0, 0.1) is 0 Å². The summed E-state index contributed by atoms with van der Waals surface area (Å²) in [5.41, 5.74) is 0.295. The average molecular weight is 282 g/mol. The van der Waals surface area contributed by atoms with Crippen molar-refractivity contribution in [2.24, 2.45) is 0 Å². The maximum Gasteiger partial charge on any atom is 0.358 e. The quantitative estimate of drug-likeness (QED) is 0.666. The Labute approximate surface area is 118 Å². The minimum Gasteiger partial charge on any atom is -0.437 e. The van der Waals surface area contributed by atoms with E-state index in [1.165, 1.54) is 12.3 Å². The first-order valence-corrected chi connectivity index (χ1v) is 6.16. The maximum absolute atomic E-state index is 12.1. The summed E-state index contributed by atoms with van der Waals surface area (Å²) in [6.45, 7) is -0.313. The Balaban J connectivity index is 1.81. The first-order valence-electron chi connectivity index (χ1n) is 6.16. The molecule has 0 radical (unpaired) electrons. The predicted molar refractivity (Wildman–Crippen MR) is 73.5 cm³/mol. The van der Waals surface area contributed by atoms with Gasteiger partial charge in [-0.2, -0.15) is 4.68 Å². The molecule has 0 aliphatic rings. The van der Waals surface area contributed by atoms with E-state index in [1.807, 2.05) is 0 Å². The molecule has 7 heteroatoms. The van der Waals surface area contributed by atoms with Crippen molar-refractivity contribution in [3.63, 3.8) is 0 Å². The minimum atomic E-state index is -0.627. The molecule has 104 valence electrons. The highest BCUT2D eigenvalue weighted by molar-refractivity contribution is 5.86. The van der Waals surface area contributed by atoms with E-state index in [0.29, 0.717) is 10.9 Å². The molecule has 0 spiro atoms. The topological polar surface area (TPSA) is 87.0 Å². The highest BCUT2D eigenvalue weighted by Crippen LogP contribution is 2.03. The third-order valence-corrected chi connectivity index (χ3v) is 2.82. The summed E-state index contributed by atoms with van der Waals surface area (Å²) >= 11 is 0. The van der Waals surface area contributed by atoms with Crippen LogP contribution in [-0.2, 0) is 11.5 Å². The van der Waals surface area contributed by atoms with Crippen molar-refractivity contribution in [3.05, 3.63) is 64.7 Å². The minimum absolute atomic E-state index is 0.166. The lowest BCUT2D eigenvalue weighted by Crippen LogP contribution is -2.26. The SMILES string of the molecule is O=C(OCn1nnc2ccccc2c1=O)c1ccccn1. The summed E-state index contributed by atoms with van der Waals surface area (Å²) in [5.74, 6) is -0.627. The molecule has 3 aromatic rings. The van der Waals surface area contributed by atoms with Gasteiger partial charge in [-0.3, -0.25) is 4.79 Å². The van der Waals surface area contributed by atoms with Crippen LogP contribution in [0.1, 0.15) is 10.5 Å². The predicted octanol–water partition coefficient (Wildman–Crippen LogP) is 1.00. The summed E-state index contributed by atoms with van der Waals surface area (Å²) in [4.78, 5) is 27.7. The summed E-state index contributed by atoms with van der Waals surface area (Å²) < 4.78 is 5.99. The van der Waals surface area contributed by atoms with Crippen LogP contribution in [0.5, 0.6) is 0 Å². The second-order valence-corrected chi connectivity index (χ2v) is 4.19. The van der Waals surface area contributed by atoms with Crippen molar-refractivity contribution < 1.29 is 9.53 Å². The van der Waals surface area contributed by atoms with Gasteiger partial charge < -0.3 is 4.74 Å². The van der Waals surface area contributed by atoms with E-state index < -0.39 is 5.97 Å². The number of carbonyl (C=O) groups excluding carboxylic acids is 1. The fourth-order valence-corrected chi connectivity index (χ4v) is 1.79. The largest absolute Gasteiger partial charge is 0.437 e. The van der Waals surface area contributed by atoms with Crippen LogP contribution in [0.3, 0.4) is 0 Å². The maximum atomic E-state index is 12.1. The Morgan fingerprint density at radius 1 is 1.14 bits per heavy atom. The van der Waals surface area contributed by atoms with Gasteiger partial charge >= 0.3 is 5.97 Å². The normalized spacial score (nSPS) is 10.5. The summed E-state index contributed by atoms with van der Waals surface area (Å²) in [6.07, 6.45) is 1.48. The van der Waals surface area contributed by atoms with E-state index in [1.54, 1.807) is 36.4 Å². The van der Waals surface area contributed by atoms with Gasteiger partial charge in [-0.15, -0.1) is 5.10 Å². The Bertz CT molecular complexity index is 845. The lowest BCUT2D eigenvalue weighted by Gasteiger charge is -2.06. The van der Waals surface area contributed by atoms with Gasteiger partial charge in [0.1, 0.15) is 11.2 Å². The number of aromatic nitrogens is 4. The monoisotopic (exact) mass is 282 g/mol. The second kappa shape index (κ2) is 5.49. The van der Waals surface area contributed by atoms with Crippen LogP contribution in [0.2, 0.25) is 0 Å². The zero-order chi connectivity index (χ0) is 14.7. The zero-order valence-corrected chi connectivity index (χ0v) is 10.8. The fourth-order valence-electron chi connectivity index (χ4n) is 1.79. The van der Waals surface area contributed by atoms with Crippen molar-refractivity contribution in [3.8, 4) is 0 Å². The molecule has 2 heterocycles. The number of esters is 1. The number of carbonyl (C=O) groups is 1. The van der Waals surface area contributed by atoms with Crippen molar-refractivity contribution >= 4 is 16.9 Å². The number of pyridine rings is 1. The Morgan fingerprint density at radius 2 is 1.95 bits per heavy atom. The molecule has 0 N–H and O–H groups in total. The van der Waals surface area contributed by atoms with Crippen LogP contribution in [0.25, 0.3) is 10.9 Å². The molecule has 0 amide bonds. The number of fused-ring (bicyclic) bond motifs is 1. The van der Waals surface area contributed by atoms with Gasteiger partial charge in [-0.25, -0.2) is 9.78 Å². The van der Waals surface area contributed by atoms with Gasteiger partial charge in [0.15, 0.2) is 6.73 Å². The van der Waals surface area contributed by atoms with Crippen LogP contribution < -0.4 is 5.56 Å². The molecule has 21 heavy (non-hydrogen) atoms. The van der Waals surface area contributed by atoms with Crippen molar-refractivity contribution in [2.75, 3.05) is 0 Å². The lowest BCUT2D eigenvalue weighted by molar-refractivity contribution is 0.0329. The summed E-state index contributed by atoms with van der Waals surface area (Å²) in [5, 5.41) is 8.05. The summed E-state index contributed by atoms with van der Waals surface area (Å²) in [7, 11) is 0. The summed E-state index contributed by atoms with van der Waals surface area (Å²) in [6, 6.07) is 11.7. The van der Waals surface area contributed by atoms with Crippen LogP contribution in [0.4, 0.5) is 0 Å². The number of hydrogen-bond donors (Lipinski definition) is 0. The van der Waals surface area contributed by atoms with Gasteiger partial charge in [0.2, 0.25) is 0 Å². The van der Waals surface area contributed by atoms with E-state index in [2.05, 4.69) is 15.3 Å². The second-order valence-electron chi connectivity index (χ2n) is 4.19. The van der Waals surface area contributed by atoms with Crippen LogP contribution >= 0.6 is 0 Å². The number of nitrogens with zero attached hydrogens (tertiary/aromatic N) is 4. The Kier molecular flexibility index (Phi) is 3.38. The molecule has 0 unspecified atom stereocenters. The van der Waals surface area contributed by atoms with Crippen LogP contribution in [-0.4, -0.2) is 25.9 Å². The number of hydrogen-bond acceptors (Lipinski definition) is 6. The van der Waals surface area contributed by atoms with E-state index in [-0.39, 0.29) is 18.0 Å². The first kappa shape index (κ1) is 12.9. The highest BCUT2D eigenvalue weighted by atomic mass is 16.5. The number of rotatable bonds is 3. The number of ether oxygens (including phenoxy) is 1. The standard InChI is InChI=1S/C14H10N4O3/c19-13-10-5-1-2-6-11(10)16-17-18(13)9-21-14(20)12-7-3-4-8-15-12/h1-8H,9H2. The molecule has 0 atom stereocenters. The molecule has 1 aromatic carbocycles. The molecule has 0 fully saturated rings. The molecule has 3 rings (SSSR count). The molecular weight excluding hydrogens is 272 g/mol. The molecule has 2 aromatic heterocycles. The molecule has 0 saturated carbocycles. The Morgan fingerprint density at radius 3 is 2.76 bits per heavy atom. The van der Waals surface area contributed by atoms with Gasteiger partial charge in [0, 0.05) is 6.20 Å². The van der Waals surface area contributed by atoms with Gasteiger partial charge in [0.05, 0.1) is 5.39 Å². The van der Waals surface area contributed by atoms with Gasteiger partial charge in [-0.05, 0) is 24.3 Å². The Hall–Kier alpha value is -3.09. The molecule has 0 aliphatic heterocycles. The molecule has 0 aliphatic carbocycles. The number of benzene rings is 1. The zero-order valence-electron chi connectivity index (χ0n) is 10.8. The molecule has 0 bridgehead atoms. The third kappa shape index (κ3) is 2.62. The third-order valence-electron chi connectivity index (χ3n) is 2.82. The van der Waals surface area contributed by atoms with Gasteiger partial charge in [0.25, 0.3) is 5.56 Å². The molecule has 0 saturated heterocycles. The van der Waals surface area contributed by atoms with Gasteiger partial charge in [-0.1, -0.05) is 23.4 Å². The van der Waals surface area contributed by atoms with E-state index >= 15 is 0 Å². The van der Waals surface area contributed by atoms with E-state index in [4.69, 9.17) is 4.74 Å². The van der Waals surface area contributed by atoms with Crippen molar-refractivity contribution in [1.82, 2.24) is 20.0 Å². The average Bonchev–Trinajstić information content (AvgIpc) is 2.55. The van der Waals surface area contributed by atoms with Crippen molar-refractivity contribution in [2.45, 2.75) is 6.73 Å². The highest BCUT2D eigenvalue weighted by Gasteiger charge is 2.10. The smallest absolute Gasteiger partial charge is 0.358 e. The fraction of sp³-hybridized carbons (Fsp3) is 0.0714. The van der Waals surface area contributed by atoms with Crippen molar-refractivity contribution in [1.29, 1.82) is 0 Å². The molecular formula is C14H10N4O3. The van der Waals surface area contributed by atoms with Crippen LogP contribution in [0.15, 0.2) is 53.5 Å². The van der Waals surface area contributed by atoms with E-state index in [9.17, 15) is 9.59 Å². The molecule has 7 nitrogen and oxygen atoms in total. The van der Waals surface area contributed by atoms with E-state index in [0.717, 1.165) is 4.68 Å².